The first-order valence-electron chi connectivity index (χ1n) is 9.57. The molecule has 0 radical (unpaired) electrons. The summed E-state index contributed by atoms with van der Waals surface area (Å²) in [4.78, 5) is 10.9. The number of anilines is 3. The highest BCUT2D eigenvalue weighted by Crippen LogP contribution is 2.31. The molecule has 30 heavy (non-hydrogen) atoms. The molecule has 0 saturated heterocycles. The Morgan fingerprint density at radius 3 is 2.87 bits per heavy atom. The summed E-state index contributed by atoms with van der Waals surface area (Å²) < 4.78 is 0. The molecule has 1 aliphatic rings. The molecule has 5 rings (SSSR count). The van der Waals surface area contributed by atoms with Crippen LogP contribution in [0.5, 0.6) is 0 Å². The average Bonchev–Trinajstić information content (AvgIpc) is 3.19. The second-order valence-electron chi connectivity index (χ2n) is 7.37. The summed E-state index contributed by atoms with van der Waals surface area (Å²) in [5, 5.41) is 12.4. The van der Waals surface area contributed by atoms with Gasteiger partial charge in [-0.15, -0.1) is 0 Å². The molecule has 2 aromatic carbocycles. The van der Waals surface area contributed by atoms with Crippen molar-refractivity contribution in [3.8, 4) is 0 Å². The maximum atomic E-state index is 6.23. The van der Waals surface area contributed by atoms with E-state index in [1.807, 2.05) is 18.2 Å². The molecule has 9 heteroatoms. The van der Waals surface area contributed by atoms with Crippen LogP contribution in [0.4, 0.5) is 17.5 Å². The van der Waals surface area contributed by atoms with Crippen molar-refractivity contribution in [3.05, 3.63) is 69.8 Å². The number of nitrogen functional groups attached to an aromatic ring is 1. The van der Waals surface area contributed by atoms with Crippen LogP contribution in [0.2, 0.25) is 10.0 Å². The summed E-state index contributed by atoms with van der Waals surface area (Å²) in [6.45, 7) is 1.51. The molecule has 2 aromatic heterocycles. The van der Waals surface area contributed by atoms with Gasteiger partial charge in [-0.2, -0.15) is 15.1 Å². The highest BCUT2D eigenvalue weighted by molar-refractivity contribution is 6.42. The SMILES string of the molecule is Nc1nc(NC2Cc3ccccc3N(Cc3ccc(Cl)c(Cl)c3)C2)c2cn[nH]c2n1. The van der Waals surface area contributed by atoms with Crippen LogP contribution in [-0.2, 0) is 13.0 Å². The number of hydrogen-bond donors (Lipinski definition) is 3. The van der Waals surface area contributed by atoms with Gasteiger partial charge in [-0.3, -0.25) is 5.10 Å². The lowest BCUT2D eigenvalue weighted by molar-refractivity contribution is 0.628. The minimum atomic E-state index is 0.134. The van der Waals surface area contributed by atoms with E-state index in [0.717, 1.165) is 30.5 Å². The zero-order valence-electron chi connectivity index (χ0n) is 15.9. The molecule has 0 bridgehead atoms. The zero-order chi connectivity index (χ0) is 20.7. The van der Waals surface area contributed by atoms with Crippen molar-refractivity contribution >= 4 is 51.7 Å². The fourth-order valence-electron chi connectivity index (χ4n) is 3.95. The Bertz CT molecular complexity index is 1220. The van der Waals surface area contributed by atoms with Crippen LogP contribution in [0.15, 0.2) is 48.7 Å². The summed E-state index contributed by atoms with van der Waals surface area (Å²) in [5.74, 6) is 0.892. The van der Waals surface area contributed by atoms with Gasteiger partial charge in [0.15, 0.2) is 5.65 Å². The van der Waals surface area contributed by atoms with Gasteiger partial charge in [-0.25, -0.2) is 0 Å². The van der Waals surface area contributed by atoms with Crippen molar-refractivity contribution in [2.45, 2.75) is 19.0 Å². The van der Waals surface area contributed by atoms with Gasteiger partial charge in [-0.05, 0) is 35.7 Å². The van der Waals surface area contributed by atoms with E-state index in [1.165, 1.54) is 11.3 Å². The number of halogens is 2. The number of nitrogens with two attached hydrogens (primary N) is 1. The first-order valence-corrected chi connectivity index (χ1v) is 10.3. The molecule has 0 amide bonds. The molecule has 1 aliphatic heterocycles. The van der Waals surface area contributed by atoms with E-state index in [9.17, 15) is 0 Å². The van der Waals surface area contributed by atoms with E-state index < -0.39 is 0 Å². The third-order valence-corrected chi connectivity index (χ3v) is 6.00. The predicted octanol–water partition coefficient (Wildman–Crippen LogP) is 4.29. The lowest BCUT2D eigenvalue weighted by Crippen LogP contribution is -2.42. The summed E-state index contributed by atoms with van der Waals surface area (Å²) >= 11 is 12.3. The number of H-pyrrole nitrogens is 1. The van der Waals surface area contributed by atoms with Crippen LogP contribution in [0.3, 0.4) is 0 Å². The van der Waals surface area contributed by atoms with E-state index >= 15 is 0 Å². The highest BCUT2D eigenvalue weighted by atomic mass is 35.5. The third kappa shape index (κ3) is 3.62. The van der Waals surface area contributed by atoms with E-state index in [-0.39, 0.29) is 12.0 Å². The number of aromatic amines is 1. The normalized spacial score (nSPS) is 15.9. The average molecular weight is 440 g/mol. The zero-order valence-corrected chi connectivity index (χ0v) is 17.5. The second-order valence-corrected chi connectivity index (χ2v) is 8.18. The lowest BCUT2D eigenvalue weighted by Gasteiger charge is -2.37. The Balaban J connectivity index is 1.45. The fourth-order valence-corrected chi connectivity index (χ4v) is 4.27. The number of benzene rings is 2. The quantitative estimate of drug-likeness (QED) is 0.438. The lowest BCUT2D eigenvalue weighted by atomic mass is 9.97. The first kappa shape index (κ1) is 19.0. The molecule has 152 valence electrons. The molecule has 0 saturated carbocycles. The molecule has 4 aromatic rings. The number of hydrogen-bond acceptors (Lipinski definition) is 6. The number of nitrogens with zero attached hydrogens (tertiary/aromatic N) is 4. The molecule has 0 spiro atoms. The summed E-state index contributed by atoms with van der Waals surface area (Å²) in [7, 11) is 0. The van der Waals surface area contributed by atoms with Crippen LogP contribution < -0.4 is 16.0 Å². The summed E-state index contributed by atoms with van der Waals surface area (Å²) in [6.07, 6.45) is 2.58. The van der Waals surface area contributed by atoms with Crippen LogP contribution in [-0.4, -0.2) is 32.8 Å². The Hall–Kier alpha value is -3.03. The van der Waals surface area contributed by atoms with E-state index in [1.54, 1.807) is 6.20 Å². The number of nitrogens with one attached hydrogen (secondary N) is 2. The van der Waals surface area contributed by atoms with Crippen molar-refractivity contribution < 1.29 is 0 Å². The van der Waals surface area contributed by atoms with Crippen molar-refractivity contribution in [1.29, 1.82) is 0 Å². The number of fused-ring (bicyclic) bond motifs is 2. The molecule has 0 aliphatic carbocycles. The van der Waals surface area contributed by atoms with Crippen molar-refractivity contribution in [2.24, 2.45) is 0 Å². The smallest absolute Gasteiger partial charge is 0.224 e. The van der Waals surface area contributed by atoms with Gasteiger partial charge in [0.2, 0.25) is 5.95 Å². The Morgan fingerprint density at radius 2 is 2.00 bits per heavy atom. The molecule has 3 heterocycles. The number of rotatable bonds is 4. The molecular formula is C21H19Cl2N7. The maximum absolute atomic E-state index is 6.23. The van der Waals surface area contributed by atoms with Crippen molar-refractivity contribution in [3.63, 3.8) is 0 Å². The topological polar surface area (TPSA) is 95.7 Å². The molecular weight excluding hydrogens is 421 g/mol. The van der Waals surface area contributed by atoms with Crippen LogP contribution in [0.25, 0.3) is 11.0 Å². The summed E-state index contributed by atoms with van der Waals surface area (Å²) in [5.41, 5.74) is 10.1. The Labute approximate surface area is 183 Å². The molecule has 1 unspecified atom stereocenters. The monoisotopic (exact) mass is 439 g/mol. The molecule has 1 atom stereocenters. The number of para-hydroxylation sites is 1. The van der Waals surface area contributed by atoms with Crippen LogP contribution in [0.1, 0.15) is 11.1 Å². The van der Waals surface area contributed by atoms with E-state index in [4.69, 9.17) is 28.9 Å². The standard InChI is InChI=1S/C21H19Cl2N7/c22-16-6-5-12(7-17(16)23)10-30-11-14(8-13-3-1-2-4-18(13)30)26-19-15-9-25-29-20(15)28-21(24)27-19/h1-7,9,14H,8,10-11H2,(H4,24,25,26,27,28,29). The molecule has 0 fully saturated rings. The van der Waals surface area contributed by atoms with E-state index in [2.05, 4.69) is 54.6 Å². The van der Waals surface area contributed by atoms with Gasteiger partial charge >= 0.3 is 0 Å². The van der Waals surface area contributed by atoms with Crippen molar-refractivity contribution in [2.75, 3.05) is 22.5 Å². The van der Waals surface area contributed by atoms with E-state index in [0.29, 0.717) is 21.5 Å². The third-order valence-electron chi connectivity index (χ3n) is 5.26. The minimum absolute atomic E-state index is 0.134. The van der Waals surface area contributed by atoms with Gasteiger partial charge in [-0.1, -0.05) is 47.5 Å². The number of aromatic nitrogens is 4. The van der Waals surface area contributed by atoms with Gasteiger partial charge < -0.3 is 16.0 Å². The van der Waals surface area contributed by atoms with Crippen LogP contribution >= 0.6 is 23.2 Å². The molecule has 4 N–H and O–H groups in total. The Morgan fingerprint density at radius 1 is 1.13 bits per heavy atom. The minimum Gasteiger partial charge on any atom is -0.368 e. The van der Waals surface area contributed by atoms with Gasteiger partial charge in [0.05, 0.1) is 21.6 Å². The van der Waals surface area contributed by atoms with Gasteiger partial charge in [0.1, 0.15) is 5.82 Å². The first-order chi connectivity index (χ1) is 14.6. The largest absolute Gasteiger partial charge is 0.368 e. The maximum Gasteiger partial charge on any atom is 0.224 e. The van der Waals surface area contributed by atoms with Gasteiger partial charge in [0.25, 0.3) is 0 Å². The van der Waals surface area contributed by atoms with Gasteiger partial charge in [0, 0.05) is 24.8 Å². The predicted molar refractivity (Wildman–Crippen MR) is 121 cm³/mol. The fraction of sp³-hybridized carbons (Fsp3) is 0.190. The van der Waals surface area contributed by atoms with Crippen molar-refractivity contribution in [1.82, 2.24) is 20.2 Å². The second kappa shape index (κ2) is 7.66. The highest BCUT2D eigenvalue weighted by Gasteiger charge is 2.25. The summed E-state index contributed by atoms with van der Waals surface area (Å²) in [6, 6.07) is 14.3. The molecule has 7 nitrogen and oxygen atoms in total. The van der Waals surface area contributed by atoms with Crippen LogP contribution in [0, 0.1) is 0 Å². The Kier molecular flexibility index (Phi) is 4.84.